The largest absolute Gasteiger partial charge is 0.494 e. The molecule has 0 spiro atoms. The average molecular weight is 299 g/mol. The molecule has 1 saturated carbocycles. The Hall–Kier alpha value is -1.11. The van der Waals surface area contributed by atoms with Crippen LogP contribution in [0.3, 0.4) is 0 Å². The summed E-state index contributed by atoms with van der Waals surface area (Å²) >= 11 is 0. The van der Waals surface area contributed by atoms with Crippen molar-refractivity contribution in [1.82, 2.24) is 4.31 Å². The third-order valence-corrected chi connectivity index (χ3v) is 5.41. The quantitative estimate of drug-likeness (QED) is 0.864. The molecule has 1 aliphatic carbocycles. The van der Waals surface area contributed by atoms with Crippen LogP contribution in [0.4, 0.5) is 0 Å². The fraction of sp³-hybridized carbons (Fsp3) is 0.571. The third-order valence-electron chi connectivity index (χ3n) is 3.57. The van der Waals surface area contributed by atoms with Crippen molar-refractivity contribution in [1.29, 1.82) is 0 Å². The van der Waals surface area contributed by atoms with Crippen molar-refractivity contribution in [3.63, 3.8) is 0 Å². The molecule has 5 nitrogen and oxygen atoms in total. The van der Waals surface area contributed by atoms with Gasteiger partial charge in [-0.3, -0.25) is 0 Å². The highest BCUT2D eigenvalue weighted by Crippen LogP contribution is 2.29. The van der Waals surface area contributed by atoms with Gasteiger partial charge in [0.05, 0.1) is 17.6 Å². The number of ether oxygens (including phenoxy) is 1. The van der Waals surface area contributed by atoms with E-state index < -0.39 is 10.0 Å². The fourth-order valence-electron chi connectivity index (χ4n) is 2.37. The van der Waals surface area contributed by atoms with Gasteiger partial charge in [0.15, 0.2) is 0 Å². The van der Waals surface area contributed by atoms with Gasteiger partial charge in [-0.2, -0.15) is 0 Å². The predicted molar refractivity (Wildman–Crippen MR) is 76.2 cm³/mol. The Kier molecular flexibility index (Phi) is 4.67. The van der Waals surface area contributed by atoms with Crippen molar-refractivity contribution in [3.8, 4) is 5.75 Å². The summed E-state index contributed by atoms with van der Waals surface area (Å²) in [6.07, 6.45) is 1.10. The van der Waals surface area contributed by atoms with E-state index in [4.69, 9.17) is 4.74 Å². The van der Waals surface area contributed by atoms with Gasteiger partial charge in [0.2, 0.25) is 10.0 Å². The molecule has 0 saturated heterocycles. The van der Waals surface area contributed by atoms with Crippen molar-refractivity contribution in [3.05, 3.63) is 24.3 Å². The van der Waals surface area contributed by atoms with E-state index in [1.807, 2.05) is 6.92 Å². The van der Waals surface area contributed by atoms with Crippen molar-refractivity contribution in [2.45, 2.75) is 30.8 Å². The van der Waals surface area contributed by atoms with Gasteiger partial charge in [0.25, 0.3) is 0 Å². The maximum atomic E-state index is 12.4. The zero-order valence-corrected chi connectivity index (χ0v) is 12.6. The van der Waals surface area contributed by atoms with Gasteiger partial charge in [-0.1, -0.05) is 0 Å². The van der Waals surface area contributed by atoms with Crippen LogP contribution in [0.1, 0.15) is 19.8 Å². The minimum Gasteiger partial charge on any atom is -0.494 e. The summed E-state index contributed by atoms with van der Waals surface area (Å²) in [6, 6.07) is 6.45. The molecule has 2 rings (SSSR count). The first-order valence-electron chi connectivity index (χ1n) is 6.80. The van der Waals surface area contributed by atoms with Gasteiger partial charge in [0, 0.05) is 13.6 Å². The molecule has 6 heteroatoms. The van der Waals surface area contributed by atoms with E-state index in [-0.39, 0.29) is 16.9 Å². The van der Waals surface area contributed by atoms with E-state index in [1.165, 1.54) is 4.31 Å². The molecule has 0 amide bonds. The van der Waals surface area contributed by atoms with E-state index in [0.717, 1.165) is 0 Å². The van der Waals surface area contributed by atoms with E-state index in [9.17, 15) is 13.5 Å². The lowest BCUT2D eigenvalue weighted by Gasteiger charge is -2.34. The van der Waals surface area contributed by atoms with Gasteiger partial charge in [-0.05, 0) is 49.9 Å². The summed E-state index contributed by atoms with van der Waals surface area (Å²) in [7, 11) is -1.88. The summed E-state index contributed by atoms with van der Waals surface area (Å²) in [5, 5.41) is 9.25. The van der Waals surface area contributed by atoms with Gasteiger partial charge < -0.3 is 9.84 Å². The highest BCUT2D eigenvalue weighted by molar-refractivity contribution is 7.89. The summed E-state index contributed by atoms with van der Waals surface area (Å²) in [6.45, 7) is 2.88. The van der Waals surface area contributed by atoms with E-state index in [2.05, 4.69) is 0 Å². The minimum atomic E-state index is -3.46. The van der Waals surface area contributed by atoms with Crippen molar-refractivity contribution in [2.24, 2.45) is 5.92 Å². The number of benzene rings is 1. The fourth-order valence-corrected chi connectivity index (χ4v) is 3.61. The molecule has 0 heterocycles. The summed E-state index contributed by atoms with van der Waals surface area (Å²) in [5.41, 5.74) is 0. The lowest BCUT2D eigenvalue weighted by Crippen LogP contribution is -2.39. The maximum Gasteiger partial charge on any atom is 0.242 e. The van der Waals surface area contributed by atoms with E-state index in [1.54, 1.807) is 31.3 Å². The number of aliphatic hydroxyl groups is 1. The summed E-state index contributed by atoms with van der Waals surface area (Å²) < 4.78 is 31.4. The first-order valence-corrected chi connectivity index (χ1v) is 8.24. The number of hydrogen-bond donors (Lipinski definition) is 1. The van der Waals surface area contributed by atoms with Crippen LogP contribution in [0.25, 0.3) is 0 Å². The van der Waals surface area contributed by atoms with Crippen molar-refractivity contribution in [2.75, 3.05) is 20.2 Å². The van der Waals surface area contributed by atoms with Gasteiger partial charge >= 0.3 is 0 Å². The first-order chi connectivity index (χ1) is 9.43. The van der Waals surface area contributed by atoms with Crippen LogP contribution in [0.2, 0.25) is 0 Å². The van der Waals surface area contributed by atoms with Gasteiger partial charge in [0.1, 0.15) is 5.75 Å². The average Bonchev–Trinajstić information content (AvgIpc) is 2.38. The monoisotopic (exact) mass is 299 g/mol. The van der Waals surface area contributed by atoms with Gasteiger partial charge in [-0.25, -0.2) is 12.7 Å². The second kappa shape index (κ2) is 6.11. The second-order valence-corrected chi connectivity index (χ2v) is 7.23. The van der Waals surface area contributed by atoms with Crippen LogP contribution in [-0.4, -0.2) is 44.1 Å². The van der Waals surface area contributed by atoms with Crippen molar-refractivity contribution >= 4 is 10.0 Å². The van der Waals surface area contributed by atoms with Crippen LogP contribution in [0.5, 0.6) is 5.75 Å². The second-order valence-electron chi connectivity index (χ2n) is 5.18. The molecule has 20 heavy (non-hydrogen) atoms. The van der Waals surface area contributed by atoms with Gasteiger partial charge in [-0.15, -0.1) is 0 Å². The molecule has 1 fully saturated rings. The highest BCUT2D eigenvalue weighted by atomic mass is 32.2. The molecule has 1 aromatic rings. The van der Waals surface area contributed by atoms with Crippen LogP contribution in [-0.2, 0) is 10.0 Å². The lowest BCUT2D eigenvalue weighted by molar-refractivity contribution is 0.0367. The van der Waals surface area contributed by atoms with Crippen LogP contribution in [0, 0.1) is 5.92 Å². The highest BCUT2D eigenvalue weighted by Gasteiger charge is 2.31. The molecular weight excluding hydrogens is 278 g/mol. The third kappa shape index (κ3) is 3.31. The molecule has 0 aliphatic heterocycles. The summed E-state index contributed by atoms with van der Waals surface area (Å²) in [4.78, 5) is 0.267. The molecular formula is C14H21NO4S. The molecule has 0 aromatic heterocycles. The maximum absolute atomic E-state index is 12.4. The number of sulfonamides is 1. The molecule has 0 atom stereocenters. The van der Waals surface area contributed by atoms with Crippen LogP contribution in [0.15, 0.2) is 29.2 Å². The minimum absolute atomic E-state index is 0.257. The normalized spacial score (nSPS) is 22.6. The predicted octanol–water partition coefficient (Wildman–Crippen LogP) is 1.48. The zero-order chi connectivity index (χ0) is 14.8. The Morgan fingerprint density at radius 2 is 1.90 bits per heavy atom. The Balaban J connectivity index is 2.04. The molecule has 1 aromatic carbocycles. The molecule has 0 radical (unpaired) electrons. The Bertz CT molecular complexity index is 535. The molecule has 0 unspecified atom stereocenters. The SMILES string of the molecule is CCOc1ccc(S(=O)(=O)N(C)CC2CC(O)C2)cc1. The Morgan fingerprint density at radius 1 is 1.30 bits per heavy atom. The smallest absolute Gasteiger partial charge is 0.242 e. The number of hydrogen-bond acceptors (Lipinski definition) is 4. The number of nitrogens with zero attached hydrogens (tertiary/aromatic N) is 1. The standard InChI is InChI=1S/C14H21NO4S/c1-3-19-13-4-6-14(7-5-13)20(17,18)15(2)10-11-8-12(16)9-11/h4-7,11-12,16H,3,8-10H2,1-2H3. The van der Waals surface area contributed by atoms with Crippen LogP contribution < -0.4 is 4.74 Å². The molecule has 1 N–H and O–H groups in total. The topological polar surface area (TPSA) is 66.8 Å². The first kappa shape index (κ1) is 15.3. The Labute approximate surface area is 120 Å². The van der Waals surface area contributed by atoms with E-state index in [0.29, 0.717) is 31.7 Å². The molecule has 1 aliphatic rings. The van der Waals surface area contributed by atoms with Crippen molar-refractivity contribution < 1.29 is 18.3 Å². The molecule has 0 bridgehead atoms. The van der Waals surface area contributed by atoms with Crippen LogP contribution >= 0.6 is 0 Å². The summed E-state index contributed by atoms with van der Waals surface area (Å²) in [5.74, 6) is 0.920. The number of rotatable bonds is 6. The lowest BCUT2D eigenvalue weighted by atomic mass is 9.82. The van der Waals surface area contributed by atoms with E-state index >= 15 is 0 Å². The number of aliphatic hydroxyl groups excluding tert-OH is 1. The Morgan fingerprint density at radius 3 is 2.40 bits per heavy atom. The molecule has 112 valence electrons. The zero-order valence-electron chi connectivity index (χ0n) is 11.8.